The van der Waals surface area contributed by atoms with Gasteiger partial charge in [0.05, 0.1) is 0 Å². The molecule has 1 heterocycles. The Hall–Kier alpha value is -4.71. The summed E-state index contributed by atoms with van der Waals surface area (Å²) < 4.78 is 6.00. The lowest BCUT2D eigenvalue weighted by Gasteiger charge is -2.09. The van der Waals surface area contributed by atoms with Crippen molar-refractivity contribution in [3.8, 4) is 0 Å². The molecule has 0 spiro atoms. The van der Waals surface area contributed by atoms with Gasteiger partial charge < -0.3 is 9.73 Å². The fourth-order valence-electron chi connectivity index (χ4n) is 3.60. The van der Waals surface area contributed by atoms with E-state index in [0.717, 1.165) is 16.2 Å². The molecule has 0 aliphatic carbocycles. The summed E-state index contributed by atoms with van der Waals surface area (Å²) in [7, 11) is 0. The van der Waals surface area contributed by atoms with Gasteiger partial charge in [0.25, 0.3) is 11.8 Å². The van der Waals surface area contributed by atoms with E-state index >= 15 is 0 Å². The summed E-state index contributed by atoms with van der Waals surface area (Å²) in [5, 5.41) is 9.76. The van der Waals surface area contributed by atoms with Crippen molar-refractivity contribution < 1.29 is 14.0 Å². The van der Waals surface area contributed by atoms with E-state index in [4.69, 9.17) is 4.42 Å². The van der Waals surface area contributed by atoms with E-state index in [-0.39, 0.29) is 11.1 Å². The maximum absolute atomic E-state index is 13.2. The Labute approximate surface area is 189 Å². The first-order valence-corrected chi connectivity index (χ1v) is 10.4. The maximum Gasteiger partial charge on any atom is 0.271 e. The van der Waals surface area contributed by atoms with Gasteiger partial charge in [-0.1, -0.05) is 66.7 Å². The normalized spacial score (nSPS) is 11.5. The number of rotatable bonds is 4. The minimum absolute atomic E-state index is 0.00972. The van der Waals surface area contributed by atoms with E-state index in [1.54, 1.807) is 42.5 Å². The number of fused-ring (bicyclic) bond motifs is 3. The summed E-state index contributed by atoms with van der Waals surface area (Å²) in [6.45, 7) is 0. The average Bonchev–Trinajstić information content (AvgIpc) is 2.87. The van der Waals surface area contributed by atoms with Gasteiger partial charge in [0, 0.05) is 16.6 Å². The molecular formula is C27H19N3O3. The second-order valence-electron chi connectivity index (χ2n) is 7.40. The average molecular weight is 433 g/mol. The minimum Gasteiger partial charge on any atom is -0.436 e. The maximum atomic E-state index is 13.2. The van der Waals surface area contributed by atoms with Crippen LogP contribution in [0.1, 0.15) is 20.7 Å². The summed E-state index contributed by atoms with van der Waals surface area (Å²) in [5.41, 5.74) is 4.34. The second kappa shape index (κ2) is 8.80. The Morgan fingerprint density at radius 1 is 0.697 bits per heavy atom. The minimum atomic E-state index is -0.404. The van der Waals surface area contributed by atoms with Gasteiger partial charge in [0.1, 0.15) is 11.1 Å². The van der Waals surface area contributed by atoms with E-state index in [1.807, 2.05) is 60.7 Å². The van der Waals surface area contributed by atoms with Gasteiger partial charge in [-0.3, -0.25) is 9.59 Å². The molecule has 0 unspecified atom stereocenters. The number of carbonyl (C=O) groups excluding carboxylic acids is 2. The van der Waals surface area contributed by atoms with Crippen molar-refractivity contribution in [2.45, 2.75) is 0 Å². The van der Waals surface area contributed by atoms with Crippen LogP contribution >= 0.6 is 0 Å². The third kappa shape index (κ3) is 4.22. The molecule has 6 heteroatoms. The summed E-state index contributed by atoms with van der Waals surface area (Å²) in [5.74, 6) is -0.800. The first-order valence-electron chi connectivity index (χ1n) is 10.4. The molecule has 0 bridgehead atoms. The number of hydrogen-bond donors (Lipinski definition) is 2. The number of benzene rings is 4. The molecule has 1 aromatic heterocycles. The SMILES string of the molecule is O=C(N/N=c1\oc2ccc3ccccc3c2cc1C(=O)Nc1ccccc1)c1ccccc1. The van der Waals surface area contributed by atoms with Crippen LogP contribution in [0.15, 0.2) is 113 Å². The molecule has 5 aromatic rings. The third-order valence-corrected chi connectivity index (χ3v) is 5.23. The van der Waals surface area contributed by atoms with Crippen molar-refractivity contribution in [2.75, 3.05) is 5.32 Å². The zero-order valence-corrected chi connectivity index (χ0v) is 17.5. The van der Waals surface area contributed by atoms with E-state index in [1.165, 1.54) is 0 Å². The molecule has 0 fully saturated rings. The van der Waals surface area contributed by atoms with Crippen LogP contribution in [0.5, 0.6) is 0 Å². The monoisotopic (exact) mass is 433 g/mol. The van der Waals surface area contributed by atoms with E-state index in [2.05, 4.69) is 15.8 Å². The molecule has 5 rings (SSSR count). The first kappa shape index (κ1) is 20.2. The summed E-state index contributed by atoms with van der Waals surface area (Å²) in [4.78, 5) is 25.7. The molecule has 6 nitrogen and oxygen atoms in total. The Morgan fingerprint density at radius 2 is 1.39 bits per heavy atom. The molecule has 160 valence electrons. The zero-order valence-electron chi connectivity index (χ0n) is 17.5. The van der Waals surface area contributed by atoms with Crippen LogP contribution in [0.2, 0.25) is 0 Å². The smallest absolute Gasteiger partial charge is 0.271 e. The predicted molar refractivity (Wildman–Crippen MR) is 128 cm³/mol. The number of carbonyl (C=O) groups is 2. The van der Waals surface area contributed by atoms with Crippen molar-refractivity contribution >= 4 is 39.2 Å². The van der Waals surface area contributed by atoms with Gasteiger partial charge in [-0.2, -0.15) is 0 Å². The zero-order chi connectivity index (χ0) is 22.6. The fraction of sp³-hybridized carbons (Fsp3) is 0. The standard InChI is InChI=1S/C27H19N3O3/c31-25(19-10-3-1-4-11-19)29-30-27-23(26(32)28-20-12-5-2-6-13-20)17-22-21-14-8-7-9-18(21)15-16-24(22)33-27/h1-17H,(H,28,32)(H,29,31)/b30-27-. The van der Waals surface area contributed by atoms with Gasteiger partial charge in [-0.15, -0.1) is 5.10 Å². The number of nitrogens with zero attached hydrogens (tertiary/aromatic N) is 1. The van der Waals surface area contributed by atoms with Crippen molar-refractivity contribution in [3.63, 3.8) is 0 Å². The number of para-hydroxylation sites is 1. The van der Waals surface area contributed by atoms with E-state index in [9.17, 15) is 9.59 Å². The molecule has 33 heavy (non-hydrogen) atoms. The summed E-state index contributed by atoms with van der Waals surface area (Å²) in [6, 6.07) is 31.2. The van der Waals surface area contributed by atoms with Crippen molar-refractivity contribution in [1.29, 1.82) is 0 Å². The van der Waals surface area contributed by atoms with Crippen LogP contribution in [0.25, 0.3) is 21.7 Å². The molecule has 0 radical (unpaired) electrons. The van der Waals surface area contributed by atoms with E-state index < -0.39 is 11.8 Å². The lowest BCUT2D eigenvalue weighted by molar-refractivity contribution is 0.0948. The van der Waals surface area contributed by atoms with Crippen LogP contribution in [0.3, 0.4) is 0 Å². The number of amides is 2. The number of hydrogen-bond acceptors (Lipinski definition) is 4. The largest absolute Gasteiger partial charge is 0.436 e. The summed E-state index contributed by atoms with van der Waals surface area (Å²) in [6.07, 6.45) is 0. The molecule has 0 saturated heterocycles. The Kier molecular flexibility index (Phi) is 5.39. The molecule has 2 N–H and O–H groups in total. The quantitative estimate of drug-likeness (QED) is 0.306. The molecular weight excluding hydrogens is 414 g/mol. The van der Waals surface area contributed by atoms with Gasteiger partial charge >= 0.3 is 0 Å². The summed E-state index contributed by atoms with van der Waals surface area (Å²) >= 11 is 0. The Bertz CT molecular complexity index is 1540. The highest BCUT2D eigenvalue weighted by molar-refractivity contribution is 6.10. The van der Waals surface area contributed by atoms with Gasteiger partial charge in [-0.05, 0) is 47.2 Å². The Morgan fingerprint density at radius 3 is 2.18 bits per heavy atom. The van der Waals surface area contributed by atoms with Crippen LogP contribution in [-0.2, 0) is 0 Å². The fourth-order valence-corrected chi connectivity index (χ4v) is 3.60. The third-order valence-electron chi connectivity index (χ3n) is 5.23. The highest BCUT2D eigenvalue weighted by Crippen LogP contribution is 2.25. The van der Waals surface area contributed by atoms with Crippen molar-refractivity contribution in [3.05, 3.63) is 120 Å². The Balaban J connectivity index is 1.62. The lowest BCUT2D eigenvalue weighted by Crippen LogP contribution is -2.26. The number of anilines is 1. The molecule has 2 amide bonds. The molecule has 0 atom stereocenters. The second-order valence-corrected chi connectivity index (χ2v) is 7.40. The van der Waals surface area contributed by atoms with Crippen LogP contribution < -0.4 is 16.3 Å². The molecule has 0 aliphatic heterocycles. The van der Waals surface area contributed by atoms with Crippen LogP contribution in [0.4, 0.5) is 5.69 Å². The highest BCUT2D eigenvalue weighted by atomic mass is 16.3. The number of nitrogens with one attached hydrogen (secondary N) is 2. The van der Waals surface area contributed by atoms with Crippen molar-refractivity contribution in [2.24, 2.45) is 5.10 Å². The van der Waals surface area contributed by atoms with Gasteiger partial charge in [-0.25, -0.2) is 5.43 Å². The van der Waals surface area contributed by atoms with Crippen molar-refractivity contribution in [1.82, 2.24) is 5.43 Å². The highest BCUT2D eigenvalue weighted by Gasteiger charge is 2.15. The molecule has 0 aliphatic rings. The van der Waals surface area contributed by atoms with Gasteiger partial charge in [0.2, 0.25) is 5.55 Å². The van der Waals surface area contributed by atoms with Crippen LogP contribution in [0, 0.1) is 0 Å². The first-order chi connectivity index (χ1) is 16.2. The topological polar surface area (TPSA) is 83.7 Å². The van der Waals surface area contributed by atoms with E-state index in [0.29, 0.717) is 16.8 Å². The lowest BCUT2D eigenvalue weighted by atomic mass is 10.0. The molecule has 4 aromatic carbocycles. The van der Waals surface area contributed by atoms with Crippen LogP contribution in [-0.4, -0.2) is 11.8 Å². The predicted octanol–water partition coefficient (Wildman–Crippen LogP) is 5.08. The molecule has 0 saturated carbocycles. The van der Waals surface area contributed by atoms with Gasteiger partial charge in [0.15, 0.2) is 0 Å².